The van der Waals surface area contributed by atoms with Crippen LogP contribution in [0.4, 0.5) is 5.69 Å². The van der Waals surface area contributed by atoms with E-state index in [1.165, 1.54) is 0 Å². The minimum absolute atomic E-state index is 0. The summed E-state index contributed by atoms with van der Waals surface area (Å²) in [4.78, 5) is 28.0. The monoisotopic (exact) mass is 325 g/mol. The smallest absolute Gasteiger partial charge is 0.338 e. The van der Waals surface area contributed by atoms with Crippen LogP contribution in [0.2, 0.25) is 0 Å². The van der Waals surface area contributed by atoms with Crippen LogP contribution < -0.4 is 10.2 Å². The number of nitrogens with one attached hydrogen (secondary N) is 1. The molecule has 2 saturated heterocycles. The van der Waals surface area contributed by atoms with E-state index in [0.717, 1.165) is 18.8 Å². The van der Waals surface area contributed by atoms with Gasteiger partial charge in [0.2, 0.25) is 5.91 Å². The number of fused-ring (bicyclic) bond motifs is 1. The van der Waals surface area contributed by atoms with Gasteiger partial charge in [0.15, 0.2) is 0 Å². The Labute approximate surface area is 135 Å². The number of hydrogen-bond donors (Lipinski definition) is 1. The third-order valence-corrected chi connectivity index (χ3v) is 3.92. The van der Waals surface area contributed by atoms with E-state index < -0.39 is 0 Å². The standard InChI is InChI=1S/C15H19N3O3.ClH/c1-2-21-15(20)11-3-5-12(6-4-11)18-10-17-8-7-16-9-13(17)14(18)19;/h3-6,13,16H,2,7-10H2,1H3;1H. The molecule has 120 valence electrons. The first-order valence-electron chi connectivity index (χ1n) is 7.24. The molecular weight excluding hydrogens is 306 g/mol. The summed E-state index contributed by atoms with van der Waals surface area (Å²) in [5.74, 6) is -0.218. The van der Waals surface area contributed by atoms with Crippen molar-refractivity contribution in [2.24, 2.45) is 0 Å². The van der Waals surface area contributed by atoms with E-state index in [2.05, 4.69) is 10.2 Å². The highest BCUT2D eigenvalue weighted by molar-refractivity contribution is 6.00. The van der Waals surface area contributed by atoms with Crippen molar-refractivity contribution in [3.8, 4) is 0 Å². The van der Waals surface area contributed by atoms with Crippen molar-refractivity contribution in [3.05, 3.63) is 29.8 Å². The highest BCUT2D eigenvalue weighted by Gasteiger charge is 2.40. The van der Waals surface area contributed by atoms with Crippen molar-refractivity contribution in [1.29, 1.82) is 0 Å². The number of esters is 1. The lowest BCUT2D eigenvalue weighted by Crippen LogP contribution is -2.50. The Morgan fingerprint density at radius 2 is 2.09 bits per heavy atom. The lowest BCUT2D eigenvalue weighted by molar-refractivity contribution is -0.120. The SMILES string of the molecule is CCOC(=O)c1ccc(N2CN3CCNCC3C2=O)cc1.Cl. The third kappa shape index (κ3) is 3.09. The molecule has 2 aliphatic heterocycles. The minimum Gasteiger partial charge on any atom is -0.462 e. The average molecular weight is 326 g/mol. The topological polar surface area (TPSA) is 61.9 Å². The van der Waals surface area contributed by atoms with Gasteiger partial charge in [0.25, 0.3) is 0 Å². The molecule has 2 aliphatic rings. The maximum Gasteiger partial charge on any atom is 0.338 e. The van der Waals surface area contributed by atoms with E-state index in [0.29, 0.717) is 25.4 Å². The normalized spacial score (nSPS) is 21.2. The number of amides is 1. The molecule has 2 heterocycles. The first-order chi connectivity index (χ1) is 10.2. The molecule has 1 aromatic rings. The Morgan fingerprint density at radius 1 is 1.36 bits per heavy atom. The van der Waals surface area contributed by atoms with Gasteiger partial charge in [0.05, 0.1) is 18.8 Å². The number of piperazine rings is 1. The number of benzene rings is 1. The molecule has 6 nitrogen and oxygen atoms in total. The lowest BCUT2D eigenvalue weighted by Gasteiger charge is -2.26. The molecule has 0 spiro atoms. The number of ether oxygens (including phenoxy) is 1. The van der Waals surface area contributed by atoms with Crippen LogP contribution in [0.3, 0.4) is 0 Å². The molecule has 0 aliphatic carbocycles. The predicted octanol–water partition coefficient (Wildman–Crippen LogP) is 0.863. The van der Waals surface area contributed by atoms with E-state index in [4.69, 9.17) is 4.74 Å². The van der Waals surface area contributed by atoms with Gasteiger partial charge in [-0.1, -0.05) is 0 Å². The molecule has 22 heavy (non-hydrogen) atoms. The molecule has 1 aromatic carbocycles. The number of carbonyl (C=O) groups excluding carboxylic acids is 2. The summed E-state index contributed by atoms with van der Waals surface area (Å²) >= 11 is 0. The fourth-order valence-corrected chi connectivity index (χ4v) is 2.79. The zero-order valence-electron chi connectivity index (χ0n) is 12.4. The van der Waals surface area contributed by atoms with Gasteiger partial charge in [-0.3, -0.25) is 14.6 Å². The molecule has 7 heteroatoms. The van der Waals surface area contributed by atoms with E-state index in [1.807, 2.05) is 0 Å². The predicted molar refractivity (Wildman–Crippen MR) is 85.4 cm³/mol. The average Bonchev–Trinajstić information content (AvgIpc) is 2.85. The second-order valence-electron chi connectivity index (χ2n) is 5.21. The van der Waals surface area contributed by atoms with Crippen molar-refractivity contribution in [1.82, 2.24) is 10.2 Å². The van der Waals surface area contributed by atoms with Crippen LogP contribution in [-0.4, -0.2) is 55.7 Å². The summed E-state index contributed by atoms with van der Waals surface area (Å²) < 4.78 is 4.96. The number of hydrogen-bond acceptors (Lipinski definition) is 5. The summed E-state index contributed by atoms with van der Waals surface area (Å²) in [5, 5.41) is 3.25. The zero-order chi connectivity index (χ0) is 14.8. The summed E-state index contributed by atoms with van der Waals surface area (Å²) in [6.45, 7) is 5.25. The second-order valence-corrected chi connectivity index (χ2v) is 5.21. The molecule has 0 saturated carbocycles. The Morgan fingerprint density at radius 3 is 2.73 bits per heavy atom. The molecule has 1 atom stereocenters. The lowest BCUT2D eigenvalue weighted by atomic mass is 10.2. The highest BCUT2D eigenvalue weighted by Crippen LogP contribution is 2.24. The van der Waals surface area contributed by atoms with Gasteiger partial charge in [-0.15, -0.1) is 12.4 Å². The number of rotatable bonds is 3. The largest absolute Gasteiger partial charge is 0.462 e. The molecule has 1 N–H and O–H groups in total. The van der Waals surface area contributed by atoms with Crippen LogP contribution in [0.1, 0.15) is 17.3 Å². The van der Waals surface area contributed by atoms with E-state index in [9.17, 15) is 9.59 Å². The van der Waals surface area contributed by atoms with E-state index >= 15 is 0 Å². The molecule has 3 rings (SSSR count). The van der Waals surface area contributed by atoms with E-state index in [-0.39, 0.29) is 30.3 Å². The maximum atomic E-state index is 12.4. The van der Waals surface area contributed by atoms with Crippen molar-refractivity contribution < 1.29 is 14.3 Å². The van der Waals surface area contributed by atoms with Crippen LogP contribution in [0, 0.1) is 0 Å². The first-order valence-corrected chi connectivity index (χ1v) is 7.24. The molecule has 0 bridgehead atoms. The minimum atomic E-state index is -0.335. The quantitative estimate of drug-likeness (QED) is 0.835. The molecule has 2 fully saturated rings. The van der Waals surface area contributed by atoms with Crippen LogP contribution in [0.5, 0.6) is 0 Å². The van der Waals surface area contributed by atoms with Gasteiger partial charge in [-0.05, 0) is 31.2 Å². The molecule has 0 radical (unpaired) electrons. The summed E-state index contributed by atoms with van der Waals surface area (Å²) in [6.07, 6.45) is 0. The van der Waals surface area contributed by atoms with Gasteiger partial charge in [-0.25, -0.2) is 4.79 Å². The number of anilines is 1. The molecule has 0 aromatic heterocycles. The Hall–Kier alpha value is -1.63. The maximum absolute atomic E-state index is 12.4. The second kappa shape index (κ2) is 7.09. The van der Waals surface area contributed by atoms with Crippen LogP contribution in [-0.2, 0) is 9.53 Å². The van der Waals surface area contributed by atoms with Gasteiger partial charge in [0.1, 0.15) is 6.04 Å². The van der Waals surface area contributed by atoms with Crippen LogP contribution >= 0.6 is 12.4 Å². The first kappa shape index (κ1) is 16.7. The molecule has 1 amide bonds. The van der Waals surface area contributed by atoms with Crippen molar-refractivity contribution >= 4 is 30.0 Å². The zero-order valence-corrected chi connectivity index (χ0v) is 13.3. The van der Waals surface area contributed by atoms with Gasteiger partial charge >= 0.3 is 5.97 Å². The van der Waals surface area contributed by atoms with Crippen molar-refractivity contribution in [2.75, 3.05) is 37.8 Å². The van der Waals surface area contributed by atoms with Crippen molar-refractivity contribution in [2.45, 2.75) is 13.0 Å². The number of nitrogens with zero attached hydrogens (tertiary/aromatic N) is 2. The Kier molecular flexibility index (Phi) is 5.39. The summed E-state index contributed by atoms with van der Waals surface area (Å²) in [6, 6.07) is 6.95. The van der Waals surface area contributed by atoms with E-state index in [1.54, 1.807) is 36.1 Å². The Balaban J connectivity index is 0.00000176. The van der Waals surface area contributed by atoms with Gasteiger partial charge < -0.3 is 10.1 Å². The third-order valence-electron chi connectivity index (χ3n) is 3.92. The number of carbonyl (C=O) groups is 2. The van der Waals surface area contributed by atoms with Gasteiger partial charge in [-0.2, -0.15) is 0 Å². The highest BCUT2D eigenvalue weighted by atomic mass is 35.5. The number of halogens is 1. The van der Waals surface area contributed by atoms with Crippen molar-refractivity contribution in [3.63, 3.8) is 0 Å². The Bertz CT molecular complexity index is 549. The molecule has 1 unspecified atom stereocenters. The fraction of sp³-hybridized carbons (Fsp3) is 0.467. The van der Waals surface area contributed by atoms with Crippen LogP contribution in [0.25, 0.3) is 0 Å². The van der Waals surface area contributed by atoms with Crippen LogP contribution in [0.15, 0.2) is 24.3 Å². The molecular formula is C15H20ClN3O3. The van der Waals surface area contributed by atoms with Gasteiger partial charge in [0, 0.05) is 25.3 Å². The fourth-order valence-electron chi connectivity index (χ4n) is 2.79. The summed E-state index contributed by atoms with van der Waals surface area (Å²) in [7, 11) is 0. The summed E-state index contributed by atoms with van der Waals surface area (Å²) in [5.41, 5.74) is 1.33.